The minimum Gasteiger partial charge on any atom is -0.198 e. The van der Waals surface area contributed by atoms with E-state index in [1.165, 1.54) is 32.1 Å². The monoisotopic (exact) mass is 235 g/mol. The van der Waals surface area contributed by atoms with Gasteiger partial charge in [-0.3, -0.25) is 0 Å². The molecule has 0 spiro atoms. The fraction of sp³-hybridized carbons (Fsp3) is 0.938. The largest absolute Gasteiger partial charge is 0.198 e. The van der Waals surface area contributed by atoms with Crippen molar-refractivity contribution in [2.45, 2.75) is 72.6 Å². The van der Waals surface area contributed by atoms with Crippen LogP contribution >= 0.6 is 0 Å². The van der Waals surface area contributed by atoms with Crippen molar-refractivity contribution < 1.29 is 0 Å². The Labute approximate surface area is 108 Å². The fourth-order valence-corrected chi connectivity index (χ4v) is 3.26. The molecule has 0 aliphatic heterocycles. The summed E-state index contributed by atoms with van der Waals surface area (Å²) in [5.41, 5.74) is 0.541. The molecule has 17 heavy (non-hydrogen) atoms. The van der Waals surface area contributed by atoms with Crippen LogP contribution in [-0.2, 0) is 0 Å². The van der Waals surface area contributed by atoms with Crippen molar-refractivity contribution in [1.82, 2.24) is 0 Å². The van der Waals surface area contributed by atoms with Crippen LogP contribution in [0.1, 0.15) is 72.6 Å². The van der Waals surface area contributed by atoms with Gasteiger partial charge < -0.3 is 0 Å². The highest BCUT2D eigenvalue weighted by Crippen LogP contribution is 2.49. The molecule has 1 nitrogen and oxygen atoms in total. The van der Waals surface area contributed by atoms with E-state index in [4.69, 9.17) is 5.26 Å². The molecule has 0 heterocycles. The van der Waals surface area contributed by atoms with E-state index in [1.807, 2.05) is 0 Å². The first kappa shape index (κ1) is 14.6. The van der Waals surface area contributed by atoms with Crippen LogP contribution in [0.4, 0.5) is 0 Å². The number of rotatable bonds is 6. The molecule has 0 aromatic heterocycles. The van der Waals surface area contributed by atoms with Crippen LogP contribution in [0.15, 0.2) is 0 Å². The Bertz CT molecular complexity index is 261. The van der Waals surface area contributed by atoms with Gasteiger partial charge in [0, 0.05) is 5.92 Å². The van der Waals surface area contributed by atoms with E-state index < -0.39 is 0 Å². The van der Waals surface area contributed by atoms with Crippen LogP contribution in [0.2, 0.25) is 0 Å². The van der Waals surface area contributed by atoms with E-state index in [-0.39, 0.29) is 0 Å². The van der Waals surface area contributed by atoms with Gasteiger partial charge in [0.25, 0.3) is 0 Å². The van der Waals surface area contributed by atoms with Gasteiger partial charge in [0.05, 0.1) is 6.07 Å². The fourth-order valence-electron chi connectivity index (χ4n) is 3.26. The highest BCUT2D eigenvalue weighted by atomic mass is 14.4. The SMILES string of the molecule is CCC(C#N)CCCCC1CCC(C)C1(C)C. The van der Waals surface area contributed by atoms with Crippen molar-refractivity contribution in [3.63, 3.8) is 0 Å². The average molecular weight is 235 g/mol. The van der Waals surface area contributed by atoms with Crippen molar-refractivity contribution in [1.29, 1.82) is 5.26 Å². The van der Waals surface area contributed by atoms with Crippen LogP contribution in [0.3, 0.4) is 0 Å². The molecule has 1 rings (SSSR count). The lowest BCUT2D eigenvalue weighted by Gasteiger charge is -2.31. The molecule has 0 amide bonds. The minimum atomic E-state index is 0.297. The molecule has 1 saturated carbocycles. The van der Waals surface area contributed by atoms with E-state index in [1.54, 1.807) is 0 Å². The van der Waals surface area contributed by atoms with Gasteiger partial charge in [0.15, 0.2) is 0 Å². The Balaban J connectivity index is 2.22. The lowest BCUT2D eigenvalue weighted by atomic mass is 9.74. The van der Waals surface area contributed by atoms with Gasteiger partial charge in [0.1, 0.15) is 0 Å². The topological polar surface area (TPSA) is 23.8 Å². The summed E-state index contributed by atoms with van der Waals surface area (Å²) in [4.78, 5) is 0. The average Bonchev–Trinajstić information content (AvgIpc) is 2.55. The van der Waals surface area contributed by atoms with Gasteiger partial charge in [0.2, 0.25) is 0 Å². The van der Waals surface area contributed by atoms with Crippen molar-refractivity contribution in [3.05, 3.63) is 0 Å². The van der Waals surface area contributed by atoms with Crippen LogP contribution < -0.4 is 0 Å². The van der Waals surface area contributed by atoms with Crippen molar-refractivity contribution in [2.24, 2.45) is 23.2 Å². The summed E-state index contributed by atoms with van der Waals surface area (Å²) < 4.78 is 0. The Morgan fingerprint density at radius 2 is 2.00 bits per heavy atom. The van der Waals surface area contributed by atoms with Crippen molar-refractivity contribution >= 4 is 0 Å². The highest BCUT2D eigenvalue weighted by molar-refractivity contribution is 4.89. The van der Waals surface area contributed by atoms with Crippen molar-refractivity contribution in [3.8, 4) is 6.07 Å². The van der Waals surface area contributed by atoms with Gasteiger partial charge in [-0.1, -0.05) is 40.5 Å². The van der Waals surface area contributed by atoms with E-state index in [0.29, 0.717) is 11.3 Å². The second-order valence-corrected chi connectivity index (χ2v) is 6.52. The maximum absolute atomic E-state index is 8.90. The van der Waals surface area contributed by atoms with Gasteiger partial charge in [-0.2, -0.15) is 5.26 Å². The van der Waals surface area contributed by atoms with Gasteiger partial charge in [-0.15, -0.1) is 0 Å². The smallest absolute Gasteiger partial charge is 0.0655 e. The predicted octanol–water partition coefficient (Wildman–Crippen LogP) is 5.17. The molecule has 1 aliphatic carbocycles. The summed E-state index contributed by atoms with van der Waals surface area (Å²) in [7, 11) is 0. The van der Waals surface area contributed by atoms with Crippen LogP contribution in [0, 0.1) is 34.5 Å². The third-order valence-corrected chi connectivity index (χ3v) is 5.30. The van der Waals surface area contributed by atoms with Crippen molar-refractivity contribution in [2.75, 3.05) is 0 Å². The Morgan fingerprint density at radius 3 is 2.47 bits per heavy atom. The first-order valence-corrected chi connectivity index (χ1v) is 7.42. The van der Waals surface area contributed by atoms with E-state index in [2.05, 4.69) is 33.8 Å². The highest BCUT2D eigenvalue weighted by Gasteiger charge is 2.39. The molecule has 0 saturated heterocycles. The molecule has 0 N–H and O–H groups in total. The van der Waals surface area contributed by atoms with Crippen LogP contribution in [0.5, 0.6) is 0 Å². The predicted molar refractivity (Wildman–Crippen MR) is 73.5 cm³/mol. The quantitative estimate of drug-likeness (QED) is 0.583. The summed E-state index contributed by atoms with van der Waals surface area (Å²) in [6, 6.07) is 2.40. The molecule has 1 fully saturated rings. The summed E-state index contributed by atoms with van der Waals surface area (Å²) in [6.45, 7) is 9.41. The number of nitriles is 1. The summed E-state index contributed by atoms with van der Waals surface area (Å²) in [5.74, 6) is 2.10. The first-order chi connectivity index (χ1) is 8.02. The summed E-state index contributed by atoms with van der Waals surface area (Å²) >= 11 is 0. The number of hydrogen-bond donors (Lipinski definition) is 0. The third-order valence-electron chi connectivity index (χ3n) is 5.30. The Hall–Kier alpha value is -0.510. The molecule has 1 aliphatic rings. The van der Waals surface area contributed by atoms with E-state index >= 15 is 0 Å². The summed E-state index contributed by atoms with van der Waals surface area (Å²) in [6.07, 6.45) is 8.89. The summed E-state index contributed by atoms with van der Waals surface area (Å²) in [5, 5.41) is 8.90. The lowest BCUT2D eigenvalue weighted by Crippen LogP contribution is -2.23. The molecule has 0 bridgehead atoms. The molecular formula is C16H29N. The molecular weight excluding hydrogens is 206 g/mol. The molecule has 1 heteroatoms. The second kappa shape index (κ2) is 6.43. The first-order valence-electron chi connectivity index (χ1n) is 7.42. The van der Waals surface area contributed by atoms with Gasteiger partial charge in [-0.25, -0.2) is 0 Å². The maximum atomic E-state index is 8.90. The molecule has 98 valence electrons. The lowest BCUT2D eigenvalue weighted by molar-refractivity contribution is 0.184. The zero-order valence-electron chi connectivity index (χ0n) is 12.1. The molecule has 3 unspecified atom stereocenters. The molecule has 0 aromatic carbocycles. The minimum absolute atomic E-state index is 0.297. The Morgan fingerprint density at radius 1 is 1.29 bits per heavy atom. The zero-order valence-corrected chi connectivity index (χ0v) is 12.1. The normalized spacial score (nSPS) is 28.9. The second-order valence-electron chi connectivity index (χ2n) is 6.52. The number of unbranched alkanes of at least 4 members (excludes halogenated alkanes) is 1. The standard InChI is InChI=1S/C16H29N/c1-5-14(12-17)8-6-7-9-15-11-10-13(2)16(15,3)4/h13-15H,5-11H2,1-4H3. The molecule has 0 aromatic rings. The van der Waals surface area contributed by atoms with E-state index in [9.17, 15) is 0 Å². The van der Waals surface area contributed by atoms with Gasteiger partial charge >= 0.3 is 0 Å². The third kappa shape index (κ3) is 3.73. The maximum Gasteiger partial charge on any atom is 0.0655 e. The van der Waals surface area contributed by atoms with Gasteiger partial charge in [-0.05, 0) is 49.4 Å². The zero-order chi connectivity index (χ0) is 12.9. The molecule has 0 radical (unpaired) electrons. The Kier molecular flexibility index (Phi) is 5.50. The van der Waals surface area contributed by atoms with Crippen LogP contribution in [0.25, 0.3) is 0 Å². The molecule has 3 atom stereocenters. The van der Waals surface area contributed by atoms with Crippen LogP contribution in [-0.4, -0.2) is 0 Å². The number of hydrogen-bond acceptors (Lipinski definition) is 1. The number of nitrogens with zero attached hydrogens (tertiary/aromatic N) is 1. The van der Waals surface area contributed by atoms with E-state index in [0.717, 1.165) is 24.7 Å².